The number of carbonyl (C=O) groups is 2. The van der Waals surface area contributed by atoms with Crippen LogP contribution in [-0.2, 0) is 9.84 Å². The van der Waals surface area contributed by atoms with Crippen LogP contribution in [-0.4, -0.2) is 18.6 Å². The lowest BCUT2D eigenvalue weighted by atomic mass is 10.1. The van der Waals surface area contributed by atoms with E-state index in [0.29, 0.717) is 0 Å². The van der Waals surface area contributed by atoms with Gasteiger partial charge in [-0.15, -0.1) is 0 Å². The Morgan fingerprint density at radius 1 is 0.846 bits per heavy atom. The molecule has 0 amide bonds. The first-order valence-corrected chi connectivity index (χ1v) is 4.96. The Labute approximate surface area is 74.1 Å². The molecule has 0 saturated carbocycles. The maximum atomic E-state index is 11.1. The first-order chi connectivity index (χ1) is 6.05. The molecule has 0 saturated heterocycles. The van der Waals surface area contributed by atoms with E-state index < -0.39 is 20.1 Å². The third-order valence-corrected chi connectivity index (χ3v) is 3.27. The molecule has 1 heterocycles. The van der Waals surface area contributed by atoms with E-state index in [1.807, 2.05) is 0 Å². The van der Waals surface area contributed by atoms with Crippen molar-refractivity contribution >= 4 is 20.1 Å². The number of benzene rings is 1. The molecule has 0 aliphatic carbocycles. The summed E-state index contributed by atoms with van der Waals surface area (Å²) in [6.45, 7) is 0. The Hall–Kier alpha value is -1.49. The van der Waals surface area contributed by atoms with Gasteiger partial charge in [-0.2, -0.15) is 0 Å². The first kappa shape index (κ1) is 8.12. The van der Waals surface area contributed by atoms with Crippen LogP contribution in [0.15, 0.2) is 24.3 Å². The molecule has 0 radical (unpaired) electrons. The van der Waals surface area contributed by atoms with Crippen LogP contribution in [0.2, 0.25) is 0 Å². The third kappa shape index (κ3) is 0.874. The predicted molar refractivity (Wildman–Crippen MR) is 44.0 cm³/mol. The topological polar surface area (TPSA) is 68.3 Å². The van der Waals surface area contributed by atoms with Crippen molar-refractivity contribution in [2.24, 2.45) is 0 Å². The number of fused-ring (bicyclic) bond motifs is 1. The summed E-state index contributed by atoms with van der Waals surface area (Å²) in [4.78, 5) is 22.2. The SMILES string of the molecule is O=C1c2ccccc2C(=O)S1(=O)=O. The highest BCUT2D eigenvalue weighted by atomic mass is 32.2. The van der Waals surface area contributed by atoms with E-state index in [1.165, 1.54) is 24.3 Å². The van der Waals surface area contributed by atoms with Crippen molar-refractivity contribution in [3.8, 4) is 0 Å². The highest BCUT2D eigenvalue weighted by Crippen LogP contribution is 2.24. The lowest BCUT2D eigenvalue weighted by Crippen LogP contribution is -2.13. The van der Waals surface area contributed by atoms with E-state index in [-0.39, 0.29) is 11.1 Å². The van der Waals surface area contributed by atoms with Crippen molar-refractivity contribution < 1.29 is 18.0 Å². The molecule has 13 heavy (non-hydrogen) atoms. The first-order valence-electron chi connectivity index (χ1n) is 3.48. The van der Waals surface area contributed by atoms with Crippen LogP contribution in [0.25, 0.3) is 0 Å². The summed E-state index contributed by atoms with van der Waals surface area (Å²) in [6, 6.07) is 5.70. The molecule has 0 aromatic heterocycles. The molecule has 0 fully saturated rings. The number of sulfone groups is 1. The lowest BCUT2D eigenvalue weighted by molar-refractivity contribution is 0.106. The molecule has 1 aromatic carbocycles. The zero-order valence-electron chi connectivity index (χ0n) is 6.35. The van der Waals surface area contributed by atoms with Crippen molar-refractivity contribution in [1.29, 1.82) is 0 Å². The van der Waals surface area contributed by atoms with Gasteiger partial charge in [0.05, 0.1) is 0 Å². The van der Waals surface area contributed by atoms with Gasteiger partial charge in [-0.25, -0.2) is 8.42 Å². The zero-order chi connectivity index (χ0) is 9.64. The van der Waals surface area contributed by atoms with Gasteiger partial charge in [-0.05, 0) is 12.1 Å². The largest absolute Gasteiger partial charge is 0.285 e. The minimum absolute atomic E-state index is 0.0208. The van der Waals surface area contributed by atoms with Gasteiger partial charge in [0.25, 0.3) is 20.1 Å². The molecule has 4 nitrogen and oxygen atoms in total. The van der Waals surface area contributed by atoms with Gasteiger partial charge in [-0.1, -0.05) is 12.1 Å². The minimum Gasteiger partial charge on any atom is -0.275 e. The van der Waals surface area contributed by atoms with Gasteiger partial charge in [-0.3, -0.25) is 9.59 Å². The van der Waals surface area contributed by atoms with Gasteiger partial charge in [0.1, 0.15) is 0 Å². The maximum Gasteiger partial charge on any atom is 0.285 e. The van der Waals surface area contributed by atoms with E-state index in [4.69, 9.17) is 0 Å². The molecule has 0 unspecified atom stereocenters. The quantitative estimate of drug-likeness (QED) is 0.602. The number of carbonyl (C=O) groups excluding carboxylic acids is 2. The van der Waals surface area contributed by atoms with E-state index in [2.05, 4.69) is 0 Å². The Morgan fingerprint density at radius 3 is 1.62 bits per heavy atom. The Kier molecular flexibility index (Phi) is 1.41. The normalized spacial score (nSPS) is 18.8. The molecule has 0 atom stereocenters. The van der Waals surface area contributed by atoms with Gasteiger partial charge in [0, 0.05) is 11.1 Å². The Bertz CT molecular complexity index is 472. The Morgan fingerprint density at radius 2 is 1.23 bits per heavy atom. The number of rotatable bonds is 0. The van der Waals surface area contributed by atoms with Crippen LogP contribution >= 0.6 is 0 Å². The average Bonchev–Trinajstić information content (AvgIpc) is 2.30. The van der Waals surface area contributed by atoms with Crippen molar-refractivity contribution in [3.05, 3.63) is 35.4 Å². The highest BCUT2D eigenvalue weighted by Gasteiger charge is 2.42. The molecule has 0 spiro atoms. The van der Waals surface area contributed by atoms with E-state index in [1.54, 1.807) is 0 Å². The molecule has 66 valence electrons. The van der Waals surface area contributed by atoms with E-state index >= 15 is 0 Å². The average molecular weight is 196 g/mol. The van der Waals surface area contributed by atoms with Crippen LogP contribution < -0.4 is 0 Å². The fourth-order valence-corrected chi connectivity index (χ4v) is 2.32. The van der Waals surface area contributed by atoms with Crippen molar-refractivity contribution in [2.45, 2.75) is 0 Å². The number of hydrogen-bond acceptors (Lipinski definition) is 4. The van der Waals surface area contributed by atoms with E-state index in [9.17, 15) is 18.0 Å². The van der Waals surface area contributed by atoms with Crippen LogP contribution in [0.3, 0.4) is 0 Å². The summed E-state index contributed by atoms with van der Waals surface area (Å²) >= 11 is 0. The molecular formula is C8H4O4S. The summed E-state index contributed by atoms with van der Waals surface area (Å²) in [5, 5.41) is -2.18. The molecule has 1 aromatic rings. The molecular weight excluding hydrogens is 192 g/mol. The summed E-state index contributed by atoms with van der Waals surface area (Å²) < 4.78 is 22.1. The molecule has 1 aliphatic rings. The minimum atomic E-state index is -4.24. The van der Waals surface area contributed by atoms with Crippen molar-refractivity contribution in [1.82, 2.24) is 0 Å². The monoisotopic (exact) mass is 196 g/mol. The van der Waals surface area contributed by atoms with Gasteiger partial charge < -0.3 is 0 Å². The summed E-state index contributed by atoms with van der Waals surface area (Å²) in [5.41, 5.74) is -0.0417. The van der Waals surface area contributed by atoms with Gasteiger partial charge >= 0.3 is 0 Å². The second-order valence-corrected chi connectivity index (χ2v) is 4.37. The summed E-state index contributed by atoms with van der Waals surface area (Å²) in [7, 11) is -4.24. The third-order valence-electron chi connectivity index (χ3n) is 1.86. The molecule has 5 heteroatoms. The highest BCUT2D eigenvalue weighted by molar-refractivity contribution is 8.20. The molecule has 1 aliphatic heterocycles. The van der Waals surface area contributed by atoms with Crippen molar-refractivity contribution in [2.75, 3.05) is 0 Å². The van der Waals surface area contributed by atoms with Crippen LogP contribution in [0.5, 0.6) is 0 Å². The van der Waals surface area contributed by atoms with Gasteiger partial charge in [0.15, 0.2) is 0 Å². The fraction of sp³-hybridized carbons (Fsp3) is 0. The summed E-state index contributed by atoms with van der Waals surface area (Å²) in [5.74, 6) is 0. The zero-order valence-corrected chi connectivity index (χ0v) is 7.17. The fourth-order valence-electron chi connectivity index (χ4n) is 1.21. The number of hydrogen-bond donors (Lipinski definition) is 0. The van der Waals surface area contributed by atoms with E-state index in [0.717, 1.165) is 0 Å². The van der Waals surface area contributed by atoms with Crippen molar-refractivity contribution in [3.63, 3.8) is 0 Å². The standard InChI is InChI=1S/C8H4O4S/c9-7-5-3-1-2-4-6(5)8(10)13(7,11)12/h1-4H. The molecule has 0 bridgehead atoms. The lowest BCUT2D eigenvalue weighted by Gasteiger charge is -1.88. The van der Waals surface area contributed by atoms with Crippen LogP contribution in [0.4, 0.5) is 0 Å². The van der Waals surface area contributed by atoms with Crippen LogP contribution in [0.1, 0.15) is 20.7 Å². The second-order valence-electron chi connectivity index (χ2n) is 2.62. The second kappa shape index (κ2) is 2.26. The predicted octanol–water partition coefficient (Wildman–Crippen LogP) is 0.395. The molecule has 0 N–H and O–H groups in total. The maximum absolute atomic E-state index is 11.1. The molecule has 2 rings (SSSR count). The smallest absolute Gasteiger partial charge is 0.275 e. The Balaban J connectivity index is 2.87. The summed E-state index contributed by atoms with van der Waals surface area (Å²) in [6.07, 6.45) is 0. The van der Waals surface area contributed by atoms with Gasteiger partial charge in [0.2, 0.25) is 0 Å². The van der Waals surface area contributed by atoms with Crippen LogP contribution in [0, 0.1) is 0 Å².